The largest absolute Gasteiger partial charge is 0.493 e. The highest BCUT2D eigenvalue weighted by molar-refractivity contribution is 9.10. The van der Waals surface area contributed by atoms with Gasteiger partial charge in [0.1, 0.15) is 6.07 Å². The predicted octanol–water partition coefficient (Wildman–Crippen LogP) is 4.17. The number of esters is 1. The van der Waals surface area contributed by atoms with Gasteiger partial charge in [-0.05, 0) is 35.9 Å². The molecule has 0 bridgehead atoms. The molecule has 2 aromatic carbocycles. The smallest absolute Gasteiger partial charge is 0.331 e. The summed E-state index contributed by atoms with van der Waals surface area (Å²) >= 11 is 3.39. The second kappa shape index (κ2) is 10.2. The molecule has 0 N–H and O–H groups in total. The first-order valence-corrected chi connectivity index (χ1v) is 9.49. The zero-order valence-corrected chi connectivity index (χ0v) is 17.5. The fourth-order valence-corrected chi connectivity index (χ4v) is 2.82. The molecule has 152 valence electrons. The minimum atomic E-state index is -0.569. The number of hydrogen-bond donors (Lipinski definition) is 0. The maximum absolute atomic E-state index is 12.0. The quantitative estimate of drug-likeness (QED) is 0.357. The SMILES string of the molecule is COc1cc(/C=C/C(=O)OCc2nc(-c3cccc(Br)c3)no2)ccc1OCC#N. The van der Waals surface area contributed by atoms with Crippen molar-refractivity contribution in [2.45, 2.75) is 6.61 Å². The van der Waals surface area contributed by atoms with E-state index in [2.05, 4.69) is 26.1 Å². The fourth-order valence-electron chi connectivity index (χ4n) is 2.42. The molecule has 30 heavy (non-hydrogen) atoms. The van der Waals surface area contributed by atoms with Gasteiger partial charge >= 0.3 is 5.97 Å². The maximum Gasteiger partial charge on any atom is 0.331 e. The van der Waals surface area contributed by atoms with Crippen LogP contribution in [0.2, 0.25) is 0 Å². The Morgan fingerprint density at radius 1 is 1.27 bits per heavy atom. The van der Waals surface area contributed by atoms with E-state index in [1.54, 1.807) is 24.3 Å². The van der Waals surface area contributed by atoms with E-state index in [-0.39, 0.29) is 19.1 Å². The summed E-state index contributed by atoms with van der Waals surface area (Å²) in [5.74, 6) is 0.917. The maximum atomic E-state index is 12.0. The van der Waals surface area contributed by atoms with E-state index in [0.717, 1.165) is 10.0 Å². The van der Waals surface area contributed by atoms with Gasteiger partial charge in [0.2, 0.25) is 5.82 Å². The fraction of sp³-hybridized carbons (Fsp3) is 0.143. The number of ether oxygens (including phenoxy) is 3. The van der Waals surface area contributed by atoms with Crippen LogP contribution in [0.5, 0.6) is 11.5 Å². The van der Waals surface area contributed by atoms with Crippen molar-refractivity contribution in [2.24, 2.45) is 0 Å². The Labute approximate surface area is 180 Å². The molecular weight excluding hydrogens is 454 g/mol. The van der Waals surface area contributed by atoms with Crippen LogP contribution in [0.25, 0.3) is 17.5 Å². The summed E-state index contributed by atoms with van der Waals surface area (Å²) in [5, 5.41) is 12.5. The van der Waals surface area contributed by atoms with E-state index in [0.29, 0.717) is 22.9 Å². The topological polar surface area (TPSA) is 107 Å². The van der Waals surface area contributed by atoms with Gasteiger partial charge in [0.05, 0.1) is 7.11 Å². The van der Waals surface area contributed by atoms with E-state index >= 15 is 0 Å². The molecule has 0 saturated carbocycles. The number of hydrogen-bond acceptors (Lipinski definition) is 8. The van der Waals surface area contributed by atoms with Gasteiger partial charge in [-0.1, -0.05) is 39.3 Å². The molecule has 0 fully saturated rings. The van der Waals surface area contributed by atoms with Gasteiger partial charge in [-0.2, -0.15) is 10.2 Å². The van der Waals surface area contributed by atoms with Gasteiger partial charge in [-0.3, -0.25) is 0 Å². The first kappa shape index (κ1) is 21.1. The van der Waals surface area contributed by atoms with Crippen LogP contribution in [0.1, 0.15) is 11.5 Å². The van der Waals surface area contributed by atoms with E-state index in [9.17, 15) is 4.79 Å². The van der Waals surface area contributed by atoms with Gasteiger partial charge in [-0.25, -0.2) is 4.79 Å². The number of carbonyl (C=O) groups is 1. The van der Waals surface area contributed by atoms with Crippen LogP contribution in [0.4, 0.5) is 0 Å². The van der Waals surface area contributed by atoms with Gasteiger partial charge in [0.15, 0.2) is 24.7 Å². The van der Waals surface area contributed by atoms with Crippen LogP contribution in [0.3, 0.4) is 0 Å². The number of nitrogens with zero attached hydrogens (tertiary/aromatic N) is 3. The highest BCUT2D eigenvalue weighted by Gasteiger charge is 2.11. The Hall–Kier alpha value is -3.64. The zero-order chi connectivity index (χ0) is 21.3. The first-order valence-electron chi connectivity index (χ1n) is 8.70. The third-order valence-electron chi connectivity index (χ3n) is 3.78. The second-order valence-corrected chi connectivity index (χ2v) is 6.74. The predicted molar refractivity (Wildman–Crippen MR) is 110 cm³/mol. The molecule has 8 nitrogen and oxygen atoms in total. The lowest BCUT2D eigenvalue weighted by atomic mass is 10.2. The zero-order valence-electron chi connectivity index (χ0n) is 15.9. The second-order valence-electron chi connectivity index (χ2n) is 5.82. The molecule has 0 spiro atoms. The van der Waals surface area contributed by atoms with E-state index in [1.807, 2.05) is 30.3 Å². The van der Waals surface area contributed by atoms with Gasteiger partial charge in [-0.15, -0.1) is 0 Å². The van der Waals surface area contributed by atoms with Crippen LogP contribution in [-0.4, -0.2) is 29.8 Å². The summed E-state index contributed by atoms with van der Waals surface area (Å²) in [4.78, 5) is 16.2. The van der Waals surface area contributed by atoms with Gasteiger partial charge in [0, 0.05) is 16.1 Å². The number of nitriles is 1. The molecule has 0 aliphatic carbocycles. The monoisotopic (exact) mass is 469 g/mol. The van der Waals surface area contributed by atoms with Crippen molar-refractivity contribution in [1.29, 1.82) is 5.26 Å². The molecule has 3 rings (SSSR count). The highest BCUT2D eigenvalue weighted by Crippen LogP contribution is 2.28. The number of aromatic nitrogens is 2. The van der Waals surface area contributed by atoms with Crippen LogP contribution in [0, 0.1) is 11.3 Å². The Morgan fingerprint density at radius 3 is 2.90 bits per heavy atom. The lowest BCUT2D eigenvalue weighted by molar-refractivity contribution is -0.139. The normalized spacial score (nSPS) is 10.6. The van der Waals surface area contributed by atoms with E-state index < -0.39 is 5.97 Å². The number of methoxy groups -OCH3 is 1. The summed E-state index contributed by atoms with van der Waals surface area (Å²) in [7, 11) is 1.49. The van der Waals surface area contributed by atoms with Crippen molar-refractivity contribution in [3.8, 4) is 29.0 Å². The molecule has 0 saturated heterocycles. The Morgan fingerprint density at radius 2 is 2.13 bits per heavy atom. The third kappa shape index (κ3) is 5.68. The minimum absolute atomic E-state index is 0.0865. The molecule has 0 aliphatic heterocycles. The molecule has 0 amide bonds. The summed E-state index contributed by atoms with van der Waals surface area (Å²) < 4.78 is 21.6. The molecule has 1 aromatic heterocycles. The lowest BCUT2D eigenvalue weighted by Crippen LogP contribution is -2.01. The van der Waals surface area contributed by atoms with Crippen molar-refractivity contribution >= 4 is 28.0 Å². The van der Waals surface area contributed by atoms with Crippen LogP contribution >= 0.6 is 15.9 Å². The number of halogens is 1. The summed E-state index contributed by atoms with van der Waals surface area (Å²) in [6.45, 7) is -0.231. The van der Waals surface area contributed by atoms with Crippen molar-refractivity contribution in [3.63, 3.8) is 0 Å². The molecule has 0 aliphatic rings. The van der Waals surface area contributed by atoms with Crippen LogP contribution < -0.4 is 9.47 Å². The minimum Gasteiger partial charge on any atom is -0.493 e. The Bertz CT molecular complexity index is 1100. The van der Waals surface area contributed by atoms with Gasteiger partial charge in [0.25, 0.3) is 5.89 Å². The molecule has 0 unspecified atom stereocenters. The third-order valence-corrected chi connectivity index (χ3v) is 4.27. The lowest BCUT2D eigenvalue weighted by Gasteiger charge is -2.08. The van der Waals surface area contributed by atoms with Crippen molar-refractivity contribution < 1.29 is 23.5 Å². The number of rotatable bonds is 8. The molecule has 1 heterocycles. The average Bonchev–Trinajstić information content (AvgIpc) is 3.24. The average molecular weight is 470 g/mol. The van der Waals surface area contributed by atoms with Gasteiger partial charge < -0.3 is 18.7 Å². The standard InChI is InChI=1S/C21H16BrN3O5/c1-27-18-11-14(5-7-17(18)28-10-9-23)6-8-20(26)29-13-19-24-21(25-30-19)15-3-2-4-16(22)12-15/h2-8,11-12H,10,13H2,1H3/b8-6+. The molecular formula is C21H16BrN3O5. The number of carbonyl (C=O) groups excluding carboxylic acids is 1. The summed E-state index contributed by atoms with van der Waals surface area (Å²) in [5.41, 5.74) is 1.48. The summed E-state index contributed by atoms with van der Waals surface area (Å²) in [6.07, 6.45) is 2.84. The first-order chi connectivity index (χ1) is 14.6. The van der Waals surface area contributed by atoms with Crippen molar-refractivity contribution in [2.75, 3.05) is 13.7 Å². The van der Waals surface area contributed by atoms with Crippen molar-refractivity contribution in [3.05, 3.63) is 64.5 Å². The molecule has 0 radical (unpaired) electrons. The number of benzene rings is 2. The molecule has 0 atom stereocenters. The Balaban J connectivity index is 1.57. The van der Waals surface area contributed by atoms with E-state index in [1.165, 1.54) is 13.2 Å². The molecule has 3 aromatic rings. The van der Waals surface area contributed by atoms with Crippen LogP contribution in [0.15, 0.2) is 57.5 Å². The van der Waals surface area contributed by atoms with E-state index in [4.69, 9.17) is 24.0 Å². The molecule has 9 heteroatoms. The summed E-state index contributed by atoms with van der Waals surface area (Å²) in [6, 6.07) is 14.4. The van der Waals surface area contributed by atoms with Crippen LogP contribution in [-0.2, 0) is 16.1 Å². The Kier molecular flexibility index (Phi) is 7.19. The highest BCUT2D eigenvalue weighted by atomic mass is 79.9. The van der Waals surface area contributed by atoms with Crippen molar-refractivity contribution in [1.82, 2.24) is 10.1 Å².